The number of nitrogens with one attached hydrogen (secondary N) is 1. The van der Waals surface area contributed by atoms with E-state index in [1.54, 1.807) is 6.26 Å². The Morgan fingerprint density at radius 1 is 1.11 bits per heavy atom. The monoisotopic (exact) mass is 257 g/mol. The summed E-state index contributed by atoms with van der Waals surface area (Å²) in [6, 6.07) is 10.8. The van der Waals surface area contributed by atoms with E-state index in [4.69, 9.17) is 4.42 Å². The van der Waals surface area contributed by atoms with Gasteiger partial charge in [-0.15, -0.1) is 0 Å². The van der Waals surface area contributed by atoms with Gasteiger partial charge in [0.25, 0.3) is 0 Å². The van der Waals surface area contributed by atoms with Gasteiger partial charge in [-0.25, -0.2) is 0 Å². The second-order valence-electron chi connectivity index (χ2n) is 4.88. The lowest BCUT2D eigenvalue weighted by molar-refractivity contribution is 0.484. The third-order valence-corrected chi connectivity index (χ3v) is 3.23. The molecule has 2 heteroatoms. The maximum absolute atomic E-state index is 5.60. The minimum Gasteiger partial charge on any atom is -0.467 e. The number of hydrogen-bond acceptors (Lipinski definition) is 2. The first kappa shape index (κ1) is 13.9. The molecule has 0 bridgehead atoms. The van der Waals surface area contributed by atoms with E-state index in [9.17, 15) is 0 Å². The number of aryl methyl sites for hydroxylation is 1. The molecule has 0 aliphatic rings. The molecule has 0 aliphatic carbocycles. The van der Waals surface area contributed by atoms with Gasteiger partial charge < -0.3 is 9.73 Å². The number of benzene rings is 1. The standard InChI is InChI=1S/C17H23NO/c1-3-6-14-7-5-8-15(12-14)16-9-11-19-17(16)13-18-10-4-2/h5,7-9,11-12,18H,3-4,6,10,13H2,1-2H3. The Hall–Kier alpha value is -1.54. The van der Waals surface area contributed by atoms with Gasteiger partial charge in [-0.2, -0.15) is 0 Å². The molecule has 2 nitrogen and oxygen atoms in total. The van der Waals surface area contributed by atoms with Crippen LogP contribution in [0.5, 0.6) is 0 Å². The summed E-state index contributed by atoms with van der Waals surface area (Å²) in [5, 5.41) is 3.39. The largest absolute Gasteiger partial charge is 0.467 e. The second kappa shape index (κ2) is 7.15. The van der Waals surface area contributed by atoms with E-state index in [1.165, 1.54) is 23.1 Å². The summed E-state index contributed by atoms with van der Waals surface area (Å²) in [5.74, 6) is 1.03. The van der Waals surface area contributed by atoms with Crippen LogP contribution in [0.2, 0.25) is 0 Å². The van der Waals surface area contributed by atoms with Crippen molar-refractivity contribution in [2.75, 3.05) is 6.54 Å². The van der Waals surface area contributed by atoms with E-state index in [0.717, 1.165) is 31.7 Å². The van der Waals surface area contributed by atoms with Gasteiger partial charge in [0, 0.05) is 5.56 Å². The zero-order valence-corrected chi connectivity index (χ0v) is 11.9. The molecular weight excluding hydrogens is 234 g/mol. The molecule has 1 N–H and O–H groups in total. The molecule has 0 radical (unpaired) electrons. The highest BCUT2D eigenvalue weighted by Crippen LogP contribution is 2.26. The first-order valence-electron chi connectivity index (χ1n) is 7.21. The summed E-state index contributed by atoms with van der Waals surface area (Å²) < 4.78 is 5.60. The SMILES string of the molecule is CCCNCc1occc1-c1cccc(CCC)c1. The van der Waals surface area contributed by atoms with E-state index in [2.05, 4.69) is 49.5 Å². The topological polar surface area (TPSA) is 25.2 Å². The maximum Gasteiger partial charge on any atom is 0.125 e. The summed E-state index contributed by atoms with van der Waals surface area (Å²) in [6.07, 6.45) is 5.24. The van der Waals surface area contributed by atoms with Crippen molar-refractivity contribution in [1.82, 2.24) is 5.32 Å². The van der Waals surface area contributed by atoms with Crippen LogP contribution in [-0.4, -0.2) is 6.54 Å². The van der Waals surface area contributed by atoms with E-state index in [1.807, 2.05) is 0 Å². The molecule has 0 unspecified atom stereocenters. The lowest BCUT2D eigenvalue weighted by Gasteiger charge is -2.06. The van der Waals surface area contributed by atoms with Crippen molar-refractivity contribution in [1.29, 1.82) is 0 Å². The summed E-state index contributed by atoms with van der Waals surface area (Å²) in [7, 11) is 0. The van der Waals surface area contributed by atoms with Gasteiger partial charge in [0.2, 0.25) is 0 Å². The van der Waals surface area contributed by atoms with E-state index in [-0.39, 0.29) is 0 Å². The highest BCUT2D eigenvalue weighted by Gasteiger charge is 2.08. The Balaban J connectivity index is 2.16. The number of hydrogen-bond donors (Lipinski definition) is 1. The number of rotatable bonds is 7. The average Bonchev–Trinajstić information content (AvgIpc) is 2.88. The quantitative estimate of drug-likeness (QED) is 0.744. The van der Waals surface area contributed by atoms with Crippen LogP contribution in [0.1, 0.15) is 38.0 Å². The van der Waals surface area contributed by atoms with E-state index < -0.39 is 0 Å². The molecule has 2 aromatic rings. The fourth-order valence-electron chi connectivity index (χ4n) is 2.30. The molecule has 1 aromatic heterocycles. The molecule has 0 spiro atoms. The average molecular weight is 257 g/mol. The molecule has 19 heavy (non-hydrogen) atoms. The minimum atomic E-state index is 0.800. The lowest BCUT2D eigenvalue weighted by atomic mass is 10.0. The van der Waals surface area contributed by atoms with Crippen LogP contribution in [-0.2, 0) is 13.0 Å². The van der Waals surface area contributed by atoms with Crippen LogP contribution in [0.3, 0.4) is 0 Å². The van der Waals surface area contributed by atoms with Crippen LogP contribution in [0.25, 0.3) is 11.1 Å². The Kier molecular flexibility index (Phi) is 5.22. The molecule has 0 fully saturated rings. The van der Waals surface area contributed by atoms with Crippen LogP contribution in [0.15, 0.2) is 41.0 Å². The molecular formula is C17H23NO. The van der Waals surface area contributed by atoms with Crippen molar-refractivity contribution >= 4 is 0 Å². The predicted molar refractivity (Wildman–Crippen MR) is 80.1 cm³/mol. The van der Waals surface area contributed by atoms with E-state index >= 15 is 0 Å². The molecule has 0 saturated carbocycles. The van der Waals surface area contributed by atoms with Gasteiger partial charge in [0.15, 0.2) is 0 Å². The Bertz CT molecular complexity index is 501. The van der Waals surface area contributed by atoms with Gasteiger partial charge in [0.1, 0.15) is 5.76 Å². The van der Waals surface area contributed by atoms with Gasteiger partial charge in [-0.3, -0.25) is 0 Å². The lowest BCUT2D eigenvalue weighted by Crippen LogP contribution is -2.13. The fraction of sp³-hybridized carbons (Fsp3) is 0.412. The summed E-state index contributed by atoms with van der Waals surface area (Å²) in [4.78, 5) is 0. The third kappa shape index (κ3) is 3.71. The first-order chi connectivity index (χ1) is 9.35. The fourth-order valence-corrected chi connectivity index (χ4v) is 2.30. The van der Waals surface area contributed by atoms with Crippen molar-refractivity contribution in [2.45, 2.75) is 39.7 Å². The molecule has 1 heterocycles. The van der Waals surface area contributed by atoms with Crippen molar-refractivity contribution < 1.29 is 4.42 Å². The highest BCUT2D eigenvalue weighted by molar-refractivity contribution is 5.66. The van der Waals surface area contributed by atoms with Crippen molar-refractivity contribution in [3.63, 3.8) is 0 Å². The predicted octanol–water partition coefficient (Wildman–Crippen LogP) is 4.40. The molecule has 1 aromatic carbocycles. The first-order valence-corrected chi connectivity index (χ1v) is 7.21. The third-order valence-electron chi connectivity index (χ3n) is 3.23. The molecule has 0 saturated heterocycles. The van der Waals surface area contributed by atoms with Crippen LogP contribution >= 0.6 is 0 Å². The zero-order chi connectivity index (χ0) is 13.5. The smallest absolute Gasteiger partial charge is 0.125 e. The minimum absolute atomic E-state index is 0.800. The van der Waals surface area contributed by atoms with Crippen LogP contribution < -0.4 is 5.32 Å². The van der Waals surface area contributed by atoms with Gasteiger partial charge in [-0.05, 0) is 36.6 Å². The molecule has 0 atom stereocenters. The zero-order valence-electron chi connectivity index (χ0n) is 11.9. The maximum atomic E-state index is 5.60. The van der Waals surface area contributed by atoms with Crippen molar-refractivity contribution in [2.24, 2.45) is 0 Å². The summed E-state index contributed by atoms with van der Waals surface area (Å²) in [6.45, 7) is 6.21. The van der Waals surface area contributed by atoms with Crippen LogP contribution in [0, 0.1) is 0 Å². The van der Waals surface area contributed by atoms with Crippen molar-refractivity contribution in [3.05, 3.63) is 47.9 Å². The normalized spacial score (nSPS) is 10.8. The summed E-state index contributed by atoms with van der Waals surface area (Å²) >= 11 is 0. The van der Waals surface area contributed by atoms with E-state index in [0.29, 0.717) is 0 Å². The number of furan rings is 1. The Morgan fingerprint density at radius 3 is 2.79 bits per heavy atom. The van der Waals surface area contributed by atoms with Gasteiger partial charge in [0.05, 0.1) is 12.8 Å². The van der Waals surface area contributed by atoms with Crippen LogP contribution in [0.4, 0.5) is 0 Å². The van der Waals surface area contributed by atoms with Gasteiger partial charge in [-0.1, -0.05) is 44.5 Å². The summed E-state index contributed by atoms with van der Waals surface area (Å²) in [5.41, 5.74) is 3.86. The molecule has 0 amide bonds. The van der Waals surface area contributed by atoms with Crippen molar-refractivity contribution in [3.8, 4) is 11.1 Å². The van der Waals surface area contributed by atoms with Gasteiger partial charge >= 0.3 is 0 Å². The molecule has 2 rings (SSSR count). The Morgan fingerprint density at radius 2 is 2.00 bits per heavy atom. The Labute approximate surface area is 115 Å². The second-order valence-corrected chi connectivity index (χ2v) is 4.88. The molecule has 0 aliphatic heterocycles. The highest BCUT2D eigenvalue weighted by atomic mass is 16.3. The molecule has 102 valence electrons.